The van der Waals surface area contributed by atoms with E-state index in [1.54, 1.807) is 14.2 Å². The van der Waals surface area contributed by atoms with Crippen molar-refractivity contribution in [2.45, 2.75) is 52.2 Å². The number of methoxy groups -OCH3 is 2. The second kappa shape index (κ2) is 8.63. The van der Waals surface area contributed by atoms with Crippen LogP contribution in [-0.2, 0) is 24.3 Å². The van der Waals surface area contributed by atoms with E-state index in [1.165, 1.54) is 0 Å². The third-order valence-electron chi connectivity index (χ3n) is 6.10. The molecular formula is C22H31N5O3. The highest BCUT2D eigenvalue weighted by Crippen LogP contribution is 2.32. The number of nitrogens with zero attached hydrogens (tertiary/aromatic N) is 4. The number of hydrogen-bond donors (Lipinski definition) is 1. The SMILES string of the molecule is COc1ccc(CN2CCc3nnc(C(C)NC(=O)C4CC4)n3CC2)c(OC)c1C. The number of aromatic nitrogens is 3. The van der Waals surface area contributed by atoms with E-state index in [0.29, 0.717) is 0 Å². The Labute approximate surface area is 177 Å². The zero-order valence-electron chi connectivity index (χ0n) is 18.3. The average molecular weight is 414 g/mol. The first-order valence-electron chi connectivity index (χ1n) is 10.7. The monoisotopic (exact) mass is 413 g/mol. The topological polar surface area (TPSA) is 81.5 Å². The Kier molecular flexibility index (Phi) is 5.94. The Morgan fingerprint density at radius 1 is 1.20 bits per heavy atom. The lowest BCUT2D eigenvalue weighted by Gasteiger charge is -2.22. The van der Waals surface area contributed by atoms with Gasteiger partial charge in [-0.05, 0) is 32.8 Å². The predicted molar refractivity (Wildman–Crippen MR) is 113 cm³/mol. The molecule has 30 heavy (non-hydrogen) atoms. The summed E-state index contributed by atoms with van der Waals surface area (Å²) >= 11 is 0. The third-order valence-corrected chi connectivity index (χ3v) is 6.10. The van der Waals surface area contributed by atoms with Crippen molar-refractivity contribution in [3.05, 3.63) is 34.9 Å². The van der Waals surface area contributed by atoms with Gasteiger partial charge in [0.25, 0.3) is 0 Å². The molecule has 1 amide bonds. The number of rotatable bonds is 7. The quantitative estimate of drug-likeness (QED) is 0.750. The summed E-state index contributed by atoms with van der Waals surface area (Å²) in [4.78, 5) is 14.6. The molecule has 162 valence electrons. The van der Waals surface area contributed by atoms with E-state index in [4.69, 9.17) is 9.47 Å². The molecule has 1 saturated carbocycles. The Bertz CT molecular complexity index is 922. The summed E-state index contributed by atoms with van der Waals surface area (Å²) in [6.45, 7) is 7.40. The van der Waals surface area contributed by atoms with Gasteiger partial charge in [0, 0.05) is 49.6 Å². The van der Waals surface area contributed by atoms with Crippen molar-refractivity contribution < 1.29 is 14.3 Å². The van der Waals surface area contributed by atoms with Gasteiger partial charge in [-0.3, -0.25) is 9.69 Å². The molecule has 1 aliphatic carbocycles. The molecule has 1 aromatic carbocycles. The zero-order valence-corrected chi connectivity index (χ0v) is 18.3. The molecule has 0 bridgehead atoms. The van der Waals surface area contributed by atoms with Crippen molar-refractivity contribution >= 4 is 5.91 Å². The van der Waals surface area contributed by atoms with Crippen molar-refractivity contribution in [3.63, 3.8) is 0 Å². The van der Waals surface area contributed by atoms with Crippen molar-refractivity contribution in [1.29, 1.82) is 0 Å². The van der Waals surface area contributed by atoms with Crippen LogP contribution in [0.25, 0.3) is 0 Å². The number of ether oxygens (including phenoxy) is 2. The largest absolute Gasteiger partial charge is 0.496 e. The maximum atomic E-state index is 12.1. The van der Waals surface area contributed by atoms with Crippen molar-refractivity contribution in [2.75, 3.05) is 27.3 Å². The van der Waals surface area contributed by atoms with Crippen molar-refractivity contribution in [2.24, 2.45) is 5.92 Å². The molecule has 8 nitrogen and oxygen atoms in total. The van der Waals surface area contributed by atoms with Gasteiger partial charge < -0.3 is 19.4 Å². The molecule has 1 atom stereocenters. The van der Waals surface area contributed by atoms with Gasteiger partial charge in [-0.1, -0.05) is 6.07 Å². The Morgan fingerprint density at radius 2 is 2.00 bits per heavy atom. The lowest BCUT2D eigenvalue weighted by Crippen LogP contribution is -2.31. The fourth-order valence-corrected chi connectivity index (χ4v) is 4.21. The first kappa shape index (κ1) is 20.7. The van der Waals surface area contributed by atoms with Gasteiger partial charge in [0.2, 0.25) is 5.91 Å². The molecule has 2 aromatic rings. The molecule has 4 rings (SSSR count). The fourth-order valence-electron chi connectivity index (χ4n) is 4.21. The van der Waals surface area contributed by atoms with Crippen LogP contribution in [-0.4, -0.2) is 52.9 Å². The molecule has 0 saturated heterocycles. The van der Waals surface area contributed by atoms with E-state index in [9.17, 15) is 4.79 Å². The normalized spacial score (nSPS) is 17.7. The average Bonchev–Trinajstić information content (AvgIpc) is 3.53. The standard InChI is InChI=1S/C22H31N5O3/c1-14-18(29-3)8-7-17(20(14)30-4)13-26-10-9-19-24-25-21(27(19)12-11-26)15(2)23-22(28)16-5-6-16/h7-8,15-16H,5-6,9-13H2,1-4H3,(H,23,28). The zero-order chi connectivity index (χ0) is 21.3. The number of amides is 1. The number of fused-ring (bicyclic) bond motifs is 1. The second-order valence-corrected chi connectivity index (χ2v) is 8.24. The second-order valence-electron chi connectivity index (χ2n) is 8.24. The molecule has 2 aliphatic rings. The van der Waals surface area contributed by atoms with Crippen LogP contribution in [0.15, 0.2) is 12.1 Å². The number of nitrogens with one attached hydrogen (secondary N) is 1. The van der Waals surface area contributed by atoms with Crippen LogP contribution in [0.3, 0.4) is 0 Å². The van der Waals surface area contributed by atoms with Crippen molar-refractivity contribution in [3.8, 4) is 11.5 Å². The molecule has 2 heterocycles. The van der Waals surface area contributed by atoms with Crippen LogP contribution in [0, 0.1) is 12.8 Å². The molecule has 1 aliphatic heterocycles. The van der Waals surface area contributed by atoms with Crippen LogP contribution in [0.4, 0.5) is 0 Å². The van der Waals surface area contributed by atoms with Crippen LogP contribution in [0.1, 0.15) is 48.6 Å². The smallest absolute Gasteiger partial charge is 0.223 e. The number of carbonyl (C=O) groups is 1. The molecule has 1 fully saturated rings. The third kappa shape index (κ3) is 4.14. The fraction of sp³-hybridized carbons (Fsp3) is 0.591. The van der Waals surface area contributed by atoms with Crippen LogP contribution in [0.5, 0.6) is 11.5 Å². The van der Waals surface area contributed by atoms with Crippen LogP contribution < -0.4 is 14.8 Å². The Balaban J connectivity index is 1.44. The summed E-state index contributed by atoms with van der Waals surface area (Å²) in [6.07, 6.45) is 2.83. The summed E-state index contributed by atoms with van der Waals surface area (Å²) in [5, 5.41) is 11.9. The summed E-state index contributed by atoms with van der Waals surface area (Å²) in [5.41, 5.74) is 2.17. The lowest BCUT2D eigenvalue weighted by molar-refractivity contribution is -0.123. The van der Waals surface area contributed by atoms with E-state index < -0.39 is 0 Å². The molecule has 1 aromatic heterocycles. The van der Waals surface area contributed by atoms with E-state index in [1.807, 2.05) is 19.9 Å². The minimum atomic E-state index is -0.129. The lowest BCUT2D eigenvalue weighted by atomic mass is 10.1. The van der Waals surface area contributed by atoms with Gasteiger partial charge in [-0.15, -0.1) is 10.2 Å². The Hall–Kier alpha value is -2.61. The minimum absolute atomic E-state index is 0.129. The first-order chi connectivity index (χ1) is 14.5. The van der Waals surface area contributed by atoms with Crippen LogP contribution >= 0.6 is 0 Å². The van der Waals surface area contributed by atoms with E-state index in [0.717, 1.165) is 79.7 Å². The highest BCUT2D eigenvalue weighted by atomic mass is 16.5. The summed E-state index contributed by atoms with van der Waals surface area (Å²) in [7, 11) is 3.38. The number of hydrogen-bond acceptors (Lipinski definition) is 6. The van der Waals surface area contributed by atoms with Crippen LogP contribution in [0.2, 0.25) is 0 Å². The van der Waals surface area contributed by atoms with Gasteiger partial charge in [0.05, 0.1) is 20.3 Å². The summed E-state index contributed by atoms with van der Waals surface area (Å²) in [6, 6.07) is 3.95. The van der Waals surface area contributed by atoms with Gasteiger partial charge in [-0.25, -0.2) is 0 Å². The first-order valence-corrected chi connectivity index (χ1v) is 10.7. The van der Waals surface area contributed by atoms with Gasteiger partial charge in [-0.2, -0.15) is 0 Å². The highest BCUT2D eigenvalue weighted by molar-refractivity contribution is 5.81. The number of carbonyl (C=O) groups excluding carboxylic acids is 1. The minimum Gasteiger partial charge on any atom is -0.496 e. The van der Waals surface area contributed by atoms with Gasteiger partial charge in [0.15, 0.2) is 5.82 Å². The van der Waals surface area contributed by atoms with E-state index in [-0.39, 0.29) is 17.9 Å². The molecule has 8 heteroatoms. The molecule has 1 N–H and O–H groups in total. The van der Waals surface area contributed by atoms with Gasteiger partial charge in [0.1, 0.15) is 17.3 Å². The maximum absolute atomic E-state index is 12.1. The van der Waals surface area contributed by atoms with Gasteiger partial charge >= 0.3 is 0 Å². The maximum Gasteiger partial charge on any atom is 0.223 e. The molecule has 1 unspecified atom stereocenters. The number of benzene rings is 1. The summed E-state index contributed by atoms with van der Waals surface area (Å²) in [5.74, 6) is 3.88. The van der Waals surface area contributed by atoms with E-state index in [2.05, 4.69) is 31.0 Å². The molecule has 0 radical (unpaired) electrons. The predicted octanol–water partition coefficient (Wildman–Crippen LogP) is 2.25. The van der Waals surface area contributed by atoms with E-state index >= 15 is 0 Å². The van der Waals surface area contributed by atoms with Crippen molar-refractivity contribution in [1.82, 2.24) is 25.0 Å². The Morgan fingerprint density at radius 3 is 2.70 bits per heavy atom. The molecule has 0 spiro atoms. The summed E-state index contributed by atoms with van der Waals surface area (Å²) < 4.78 is 13.3. The highest BCUT2D eigenvalue weighted by Gasteiger charge is 2.31. The molecular weight excluding hydrogens is 382 g/mol.